The summed E-state index contributed by atoms with van der Waals surface area (Å²) in [4.78, 5) is 4.73. The van der Waals surface area contributed by atoms with Gasteiger partial charge < -0.3 is 19.5 Å². The Morgan fingerprint density at radius 1 is 1.04 bits per heavy atom. The number of rotatable bonds is 5. The molecule has 1 aliphatic rings. The van der Waals surface area contributed by atoms with Gasteiger partial charge in [-0.05, 0) is 43.5 Å². The molecule has 24 heavy (non-hydrogen) atoms. The number of nitrogens with one attached hydrogen (secondary N) is 1. The van der Waals surface area contributed by atoms with Crippen LogP contribution in [0, 0.1) is 0 Å². The number of methoxy groups -OCH3 is 3. The highest BCUT2D eigenvalue weighted by Crippen LogP contribution is 2.40. The number of thiazole rings is 1. The topological polar surface area (TPSA) is 52.6 Å². The maximum Gasteiger partial charge on any atom is 0.203 e. The fraction of sp³-hybridized carbons (Fsp3) is 0.389. The molecule has 0 spiro atoms. The maximum absolute atomic E-state index is 5.51. The molecule has 1 aromatic carbocycles. The van der Waals surface area contributed by atoms with Crippen molar-refractivity contribution >= 4 is 28.5 Å². The molecule has 1 aromatic heterocycles. The van der Waals surface area contributed by atoms with Gasteiger partial charge in [-0.1, -0.05) is 11.3 Å². The summed E-state index contributed by atoms with van der Waals surface area (Å²) in [5.41, 5.74) is 2.10. The molecular weight excluding hydrogens is 324 g/mol. The zero-order chi connectivity index (χ0) is 16.9. The van der Waals surface area contributed by atoms with Crippen LogP contribution < -0.4 is 19.5 Å². The lowest BCUT2D eigenvalue weighted by molar-refractivity contribution is 0.324. The minimum atomic E-state index is 0.596. The molecule has 2 aromatic rings. The molecule has 0 saturated carbocycles. The number of benzene rings is 1. The fourth-order valence-corrected chi connectivity index (χ4v) is 3.73. The SMILES string of the molecule is COc1ccc(C=Cc2nc3c(s2)NCCCC3)c(OC)c1OC. The van der Waals surface area contributed by atoms with E-state index in [1.165, 1.54) is 23.5 Å². The highest BCUT2D eigenvalue weighted by Gasteiger charge is 2.15. The van der Waals surface area contributed by atoms with Crippen molar-refractivity contribution in [1.29, 1.82) is 0 Å². The van der Waals surface area contributed by atoms with Crippen LogP contribution in [0.1, 0.15) is 29.1 Å². The third-order valence-corrected chi connectivity index (χ3v) is 5.00. The molecule has 0 fully saturated rings. The second kappa shape index (κ2) is 7.57. The average molecular weight is 346 g/mol. The first-order valence-corrected chi connectivity index (χ1v) is 8.79. The van der Waals surface area contributed by atoms with Crippen LogP contribution in [0.5, 0.6) is 17.2 Å². The first-order chi connectivity index (χ1) is 11.8. The van der Waals surface area contributed by atoms with Crippen LogP contribution in [0.25, 0.3) is 12.2 Å². The number of hydrogen-bond acceptors (Lipinski definition) is 6. The molecular formula is C18H22N2O3S. The van der Waals surface area contributed by atoms with Gasteiger partial charge in [0.25, 0.3) is 0 Å². The van der Waals surface area contributed by atoms with Gasteiger partial charge in [0.1, 0.15) is 10.0 Å². The standard InChI is InChI=1S/C18H22N2O3S/c1-21-14-9-7-12(16(22-2)17(14)23-3)8-10-15-20-13-6-4-5-11-19-18(13)24-15/h7-10,19H,4-6,11H2,1-3H3. The molecule has 0 aliphatic carbocycles. The number of aryl methyl sites for hydroxylation is 1. The van der Waals surface area contributed by atoms with E-state index in [-0.39, 0.29) is 0 Å². The summed E-state index contributed by atoms with van der Waals surface area (Å²) in [6, 6.07) is 3.83. The summed E-state index contributed by atoms with van der Waals surface area (Å²) in [6.07, 6.45) is 7.46. The molecule has 0 bridgehead atoms. The van der Waals surface area contributed by atoms with Crippen LogP contribution in [0.2, 0.25) is 0 Å². The van der Waals surface area contributed by atoms with E-state index in [1.807, 2.05) is 24.3 Å². The van der Waals surface area contributed by atoms with Crippen molar-refractivity contribution in [2.24, 2.45) is 0 Å². The van der Waals surface area contributed by atoms with Gasteiger partial charge in [-0.15, -0.1) is 0 Å². The quantitative estimate of drug-likeness (QED) is 0.884. The summed E-state index contributed by atoms with van der Waals surface area (Å²) in [5.74, 6) is 1.90. The molecule has 0 atom stereocenters. The number of anilines is 1. The van der Waals surface area contributed by atoms with Crippen LogP contribution in [-0.2, 0) is 6.42 Å². The first kappa shape index (κ1) is 16.6. The fourth-order valence-electron chi connectivity index (χ4n) is 2.79. The smallest absolute Gasteiger partial charge is 0.203 e. The summed E-state index contributed by atoms with van der Waals surface area (Å²) >= 11 is 1.69. The van der Waals surface area contributed by atoms with E-state index in [9.17, 15) is 0 Å². The first-order valence-electron chi connectivity index (χ1n) is 7.97. The zero-order valence-electron chi connectivity index (χ0n) is 14.2. The van der Waals surface area contributed by atoms with E-state index in [1.54, 1.807) is 32.7 Å². The van der Waals surface area contributed by atoms with Crippen molar-refractivity contribution in [2.75, 3.05) is 33.2 Å². The summed E-state index contributed by atoms with van der Waals surface area (Å²) in [6.45, 7) is 1.03. The van der Waals surface area contributed by atoms with Crippen LogP contribution in [0.3, 0.4) is 0 Å². The average Bonchev–Trinajstić information content (AvgIpc) is 2.87. The Hall–Kier alpha value is -2.21. The molecule has 5 nitrogen and oxygen atoms in total. The third-order valence-electron chi connectivity index (χ3n) is 3.98. The molecule has 0 unspecified atom stereocenters. The molecule has 1 N–H and O–H groups in total. The second-order valence-electron chi connectivity index (χ2n) is 5.47. The van der Waals surface area contributed by atoms with E-state index in [2.05, 4.69) is 5.32 Å². The molecule has 0 radical (unpaired) electrons. The predicted molar refractivity (Wildman–Crippen MR) is 98.6 cm³/mol. The second-order valence-corrected chi connectivity index (χ2v) is 6.50. The summed E-state index contributed by atoms with van der Waals surface area (Å²) < 4.78 is 16.3. The number of nitrogens with zero attached hydrogens (tertiary/aromatic N) is 1. The lowest BCUT2D eigenvalue weighted by atomic mass is 10.1. The molecule has 3 rings (SSSR count). The minimum absolute atomic E-state index is 0.596. The normalized spacial score (nSPS) is 14.0. The monoisotopic (exact) mass is 346 g/mol. The highest BCUT2D eigenvalue weighted by atomic mass is 32.1. The Balaban J connectivity index is 1.89. The van der Waals surface area contributed by atoms with Gasteiger partial charge in [0.15, 0.2) is 11.5 Å². The lowest BCUT2D eigenvalue weighted by Crippen LogP contribution is -1.96. The van der Waals surface area contributed by atoms with Crippen molar-refractivity contribution in [3.05, 3.63) is 28.4 Å². The van der Waals surface area contributed by atoms with E-state index in [0.29, 0.717) is 17.2 Å². The van der Waals surface area contributed by atoms with Crippen molar-refractivity contribution in [1.82, 2.24) is 4.98 Å². The van der Waals surface area contributed by atoms with Crippen LogP contribution >= 0.6 is 11.3 Å². The predicted octanol–water partition coefficient (Wildman–Crippen LogP) is 4.09. The van der Waals surface area contributed by atoms with Crippen molar-refractivity contribution in [3.8, 4) is 17.2 Å². The van der Waals surface area contributed by atoms with Gasteiger partial charge in [0.2, 0.25) is 5.75 Å². The van der Waals surface area contributed by atoms with Gasteiger partial charge >= 0.3 is 0 Å². The molecule has 128 valence electrons. The molecule has 0 amide bonds. The van der Waals surface area contributed by atoms with E-state index < -0.39 is 0 Å². The van der Waals surface area contributed by atoms with Crippen molar-refractivity contribution in [3.63, 3.8) is 0 Å². The van der Waals surface area contributed by atoms with Gasteiger partial charge in [-0.25, -0.2) is 4.98 Å². The van der Waals surface area contributed by atoms with E-state index >= 15 is 0 Å². The number of aromatic nitrogens is 1. The summed E-state index contributed by atoms with van der Waals surface area (Å²) in [7, 11) is 4.85. The maximum atomic E-state index is 5.51. The number of hydrogen-bond donors (Lipinski definition) is 1. The van der Waals surface area contributed by atoms with Crippen LogP contribution in [-0.4, -0.2) is 32.9 Å². The Morgan fingerprint density at radius 3 is 2.62 bits per heavy atom. The van der Waals surface area contributed by atoms with Crippen molar-refractivity contribution < 1.29 is 14.2 Å². The Morgan fingerprint density at radius 2 is 1.88 bits per heavy atom. The number of fused-ring (bicyclic) bond motifs is 1. The summed E-state index contributed by atoms with van der Waals surface area (Å²) in [5, 5.41) is 5.65. The molecule has 0 saturated heterocycles. The Kier molecular flexibility index (Phi) is 5.25. The van der Waals surface area contributed by atoms with Gasteiger partial charge in [0.05, 0.1) is 27.0 Å². The van der Waals surface area contributed by atoms with Crippen molar-refractivity contribution in [2.45, 2.75) is 19.3 Å². The lowest BCUT2D eigenvalue weighted by Gasteiger charge is -2.13. The zero-order valence-corrected chi connectivity index (χ0v) is 15.0. The highest BCUT2D eigenvalue weighted by molar-refractivity contribution is 7.16. The molecule has 2 heterocycles. The van der Waals surface area contributed by atoms with Gasteiger partial charge in [-0.2, -0.15) is 0 Å². The van der Waals surface area contributed by atoms with E-state index in [4.69, 9.17) is 19.2 Å². The Bertz CT molecular complexity index is 717. The third kappa shape index (κ3) is 3.33. The van der Waals surface area contributed by atoms with E-state index in [0.717, 1.165) is 23.5 Å². The number of ether oxygens (including phenoxy) is 3. The molecule has 6 heteroatoms. The van der Waals surface area contributed by atoms with Crippen LogP contribution in [0.15, 0.2) is 12.1 Å². The molecule has 1 aliphatic heterocycles. The van der Waals surface area contributed by atoms with Crippen LogP contribution in [0.4, 0.5) is 5.00 Å². The Labute approximate surface area is 146 Å². The van der Waals surface area contributed by atoms with Gasteiger partial charge in [0, 0.05) is 12.1 Å². The largest absolute Gasteiger partial charge is 0.493 e. The minimum Gasteiger partial charge on any atom is -0.493 e. The van der Waals surface area contributed by atoms with Gasteiger partial charge in [-0.3, -0.25) is 0 Å².